The summed E-state index contributed by atoms with van der Waals surface area (Å²) in [5, 5.41) is 12.5. The topological polar surface area (TPSA) is 90.5 Å². The molecule has 1 N–H and O–H groups in total. The lowest BCUT2D eigenvalue weighted by Gasteiger charge is -2.09. The number of pyridine rings is 1. The highest BCUT2D eigenvalue weighted by molar-refractivity contribution is 6.12. The van der Waals surface area contributed by atoms with Gasteiger partial charge in [-0.3, -0.25) is 14.8 Å². The molecule has 0 saturated carbocycles. The van der Waals surface area contributed by atoms with Crippen molar-refractivity contribution in [2.45, 2.75) is 33.9 Å². The van der Waals surface area contributed by atoms with Gasteiger partial charge in [-0.05, 0) is 38.5 Å². The van der Waals surface area contributed by atoms with Crippen molar-refractivity contribution in [1.82, 2.24) is 29.5 Å². The highest BCUT2D eigenvalue weighted by atomic mass is 16.1. The molecule has 0 aliphatic rings. The van der Waals surface area contributed by atoms with Crippen LogP contribution in [0.3, 0.4) is 0 Å². The molecule has 0 aliphatic carbocycles. The van der Waals surface area contributed by atoms with Crippen LogP contribution in [0, 0.1) is 13.8 Å². The number of aromatic nitrogens is 6. The third-order valence-corrected chi connectivity index (χ3v) is 5.83. The molecule has 3 aromatic heterocycles. The lowest BCUT2D eigenvalue weighted by Crippen LogP contribution is -2.14. The van der Waals surface area contributed by atoms with E-state index in [0.29, 0.717) is 17.8 Å². The minimum Gasteiger partial charge on any atom is -0.289 e. The largest absolute Gasteiger partial charge is 0.289 e. The van der Waals surface area contributed by atoms with Crippen molar-refractivity contribution in [3.8, 4) is 11.3 Å². The van der Waals surface area contributed by atoms with E-state index in [4.69, 9.17) is 4.98 Å². The molecule has 2 aromatic carbocycles. The molecule has 0 spiro atoms. The van der Waals surface area contributed by atoms with Crippen LogP contribution in [0.4, 0.5) is 5.95 Å². The average molecular weight is 452 g/mol. The van der Waals surface area contributed by atoms with Crippen molar-refractivity contribution in [2.24, 2.45) is 0 Å². The van der Waals surface area contributed by atoms with Gasteiger partial charge in [0.1, 0.15) is 6.33 Å². The second-order valence-corrected chi connectivity index (χ2v) is 8.24. The Kier molecular flexibility index (Phi) is 5.63. The molecule has 5 aromatic rings. The third-order valence-electron chi connectivity index (χ3n) is 5.83. The lowest BCUT2D eigenvalue weighted by molar-refractivity contribution is 0.102. The summed E-state index contributed by atoms with van der Waals surface area (Å²) in [6.45, 7) is 7.45. The average Bonchev–Trinajstić information content (AvgIpc) is 3.43. The lowest BCUT2D eigenvalue weighted by atomic mass is 10.0. The van der Waals surface area contributed by atoms with Gasteiger partial charge in [0.15, 0.2) is 0 Å². The zero-order chi connectivity index (χ0) is 23.7. The fraction of sp³-hybridized carbons (Fsp3) is 0.192. The summed E-state index contributed by atoms with van der Waals surface area (Å²) in [6.07, 6.45) is 3.42. The van der Waals surface area contributed by atoms with Gasteiger partial charge >= 0.3 is 0 Å². The number of rotatable bonds is 6. The minimum absolute atomic E-state index is 0.259. The van der Waals surface area contributed by atoms with Crippen molar-refractivity contribution in [3.63, 3.8) is 0 Å². The summed E-state index contributed by atoms with van der Waals surface area (Å²) < 4.78 is 3.62. The van der Waals surface area contributed by atoms with Crippen LogP contribution in [0.2, 0.25) is 0 Å². The van der Waals surface area contributed by atoms with Crippen LogP contribution in [0.15, 0.2) is 67.1 Å². The monoisotopic (exact) mass is 451 g/mol. The van der Waals surface area contributed by atoms with Gasteiger partial charge in [-0.15, -0.1) is 5.10 Å². The van der Waals surface area contributed by atoms with Crippen LogP contribution >= 0.6 is 0 Å². The maximum absolute atomic E-state index is 13.3. The Hall–Kier alpha value is -4.33. The first-order valence-electron chi connectivity index (χ1n) is 11.2. The molecule has 8 nitrogen and oxygen atoms in total. The summed E-state index contributed by atoms with van der Waals surface area (Å²) in [5.41, 5.74) is 6.18. The van der Waals surface area contributed by atoms with Crippen LogP contribution in [0.5, 0.6) is 0 Å². The van der Waals surface area contributed by atoms with E-state index < -0.39 is 0 Å². The Bertz CT molecular complexity index is 1500. The van der Waals surface area contributed by atoms with Crippen LogP contribution in [-0.2, 0) is 13.1 Å². The second-order valence-electron chi connectivity index (χ2n) is 8.24. The highest BCUT2D eigenvalue weighted by Crippen LogP contribution is 2.27. The molecule has 0 unspecified atom stereocenters. The normalized spacial score (nSPS) is 11.1. The molecular formula is C26H25N7O. The van der Waals surface area contributed by atoms with E-state index in [2.05, 4.69) is 39.6 Å². The van der Waals surface area contributed by atoms with Gasteiger partial charge in [0, 0.05) is 23.2 Å². The Morgan fingerprint density at radius 3 is 2.71 bits per heavy atom. The van der Waals surface area contributed by atoms with Gasteiger partial charge in [-0.25, -0.2) is 14.6 Å². The molecular weight excluding hydrogens is 426 g/mol. The number of hydrogen-bond donors (Lipinski definition) is 1. The summed E-state index contributed by atoms with van der Waals surface area (Å²) in [7, 11) is 0. The number of amides is 1. The molecule has 0 aliphatic heterocycles. The van der Waals surface area contributed by atoms with E-state index in [1.54, 1.807) is 17.2 Å². The van der Waals surface area contributed by atoms with Crippen LogP contribution < -0.4 is 5.32 Å². The maximum atomic E-state index is 13.3. The number of nitrogens with one attached hydrogen (secondary N) is 1. The molecule has 3 heterocycles. The predicted octanol–water partition coefficient (Wildman–Crippen LogP) is 4.63. The quantitative estimate of drug-likeness (QED) is 0.407. The number of benzene rings is 2. The zero-order valence-corrected chi connectivity index (χ0v) is 19.4. The number of anilines is 1. The molecule has 34 heavy (non-hydrogen) atoms. The van der Waals surface area contributed by atoms with Crippen molar-refractivity contribution in [3.05, 3.63) is 89.5 Å². The molecule has 0 radical (unpaired) electrons. The van der Waals surface area contributed by atoms with Gasteiger partial charge in [0.25, 0.3) is 5.91 Å². The van der Waals surface area contributed by atoms with Crippen molar-refractivity contribution in [2.75, 3.05) is 5.32 Å². The maximum Gasteiger partial charge on any atom is 0.258 e. The van der Waals surface area contributed by atoms with E-state index in [-0.39, 0.29) is 11.9 Å². The van der Waals surface area contributed by atoms with E-state index >= 15 is 0 Å². The fourth-order valence-electron chi connectivity index (χ4n) is 4.11. The molecule has 0 atom stereocenters. The Balaban J connectivity index is 1.45. The first kappa shape index (κ1) is 21.5. The second kappa shape index (κ2) is 8.90. The molecule has 0 bridgehead atoms. The number of aryl methyl sites for hydroxylation is 2. The fourth-order valence-corrected chi connectivity index (χ4v) is 4.11. The molecule has 1 amide bonds. The summed E-state index contributed by atoms with van der Waals surface area (Å²) >= 11 is 0. The van der Waals surface area contributed by atoms with Gasteiger partial charge in [0.05, 0.1) is 29.5 Å². The van der Waals surface area contributed by atoms with Gasteiger partial charge < -0.3 is 0 Å². The van der Waals surface area contributed by atoms with Crippen molar-refractivity contribution < 1.29 is 4.79 Å². The van der Waals surface area contributed by atoms with E-state index in [0.717, 1.165) is 34.3 Å². The minimum atomic E-state index is -0.284. The molecule has 0 saturated heterocycles. The Morgan fingerprint density at radius 1 is 1.06 bits per heavy atom. The molecule has 170 valence electrons. The summed E-state index contributed by atoms with van der Waals surface area (Å²) in [5.74, 6) is -0.0243. The first-order valence-corrected chi connectivity index (χ1v) is 11.2. The van der Waals surface area contributed by atoms with E-state index in [1.807, 2.05) is 61.0 Å². The Labute approximate surface area is 197 Å². The molecule has 0 fully saturated rings. The highest BCUT2D eigenvalue weighted by Gasteiger charge is 2.18. The summed E-state index contributed by atoms with van der Waals surface area (Å²) in [6, 6.07) is 17.6. The number of para-hydroxylation sites is 1. The third kappa shape index (κ3) is 4.17. The van der Waals surface area contributed by atoms with Crippen LogP contribution in [0.25, 0.3) is 22.2 Å². The number of fused-ring (bicyclic) bond motifs is 1. The van der Waals surface area contributed by atoms with E-state index in [1.165, 1.54) is 5.56 Å². The SMILES string of the molecule is CCn1ncc(-c2cc(C(=O)Nc3ncn(Cc4cccc(C)c4)n3)c3ccccc3n2)c1C. The Morgan fingerprint density at radius 2 is 1.91 bits per heavy atom. The number of carbonyl (C=O) groups is 1. The molecule has 5 rings (SSSR count). The molecule has 8 heteroatoms. The van der Waals surface area contributed by atoms with Gasteiger partial charge in [-0.1, -0.05) is 48.0 Å². The summed E-state index contributed by atoms with van der Waals surface area (Å²) in [4.78, 5) is 22.4. The first-order chi connectivity index (χ1) is 16.5. The standard InChI is InChI=1S/C26H25N7O/c1-4-33-18(3)22(14-28-33)24-13-21(20-10-5-6-11-23(20)29-24)25(34)30-26-27-16-32(31-26)15-19-9-7-8-17(2)12-19/h5-14,16H,4,15H2,1-3H3,(H,30,31,34). The van der Waals surface area contributed by atoms with Gasteiger partial charge in [-0.2, -0.15) is 5.10 Å². The van der Waals surface area contributed by atoms with Crippen molar-refractivity contribution >= 4 is 22.8 Å². The number of carbonyl (C=O) groups excluding carboxylic acids is 1. The number of nitrogens with zero attached hydrogens (tertiary/aromatic N) is 6. The van der Waals surface area contributed by atoms with Crippen LogP contribution in [-0.4, -0.2) is 35.4 Å². The van der Waals surface area contributed by atoms with Crippen molar-refractivity contribution in [1.29, 1.82) is 0 Å². The zero-order valence-electron chi connectivity index (χ0n) is 19.4. The van der Waals surface area contributed by atoms with Gasteiger partial charge in [0.2, 0.25) is 5.95 Å². The van der Waals surface area contributed by atoms with Crippen LogP contribution in [0.1, 0.15) is 34.1 Å². The van der Waals surface area contributed by atoms with E-state index in [9.17, 15) is 4.79 Å². The smallest absolute Gasteiger partial charge is 0.258 e. The number of hydrogen-bond acceptors (Lipinski definition) is 5. The predicted molar refractivity (Wildman–Crippen MR) is 132 cm³/mol.